The van der Waals surface area contributed by atoms with Crippen molar-refractivity contribution in [2.24, 2.45) is 11.8 Å². The number of benzene rings is 1. The number of thioether (sulfide) groups is 1. The summed E-state index contributed by atoms with van der Waals surface area (Å²) in [7, 11) is 0. The van der Waals surface area contributed by atoms with Crippen LogP contribution in [0.5, 0.6) is 0 Å². The molecule has 0 amide bonds. The zero-order valence-corrected chi connectivity index (χ0v) is 14.7. The van der Waals surface area contributed by atoms with E-state index < -0.39 is 0 Å². The van der Waals surface area contributed by atoms with Gasteiger partial charge >= 0.3 is 0 Å². The highest BCUT2D eigenvalue weighted by Gasteiger charge is 2.34. The first-order valence-electron chi connectivity index (χ1n) is 7.36. The summed E-state index contributed by atoms with van der Waals surface area (Å²) < 4.78 is 0. The minimum atomic E-state index is 0.554. The maximum Gasteiger partial charge on any atom is 0.0543 e. The van der Waals surface area contributed by atoms with Gasteiger partial charge in [-0.3, -0.25) is 0 Å². The summed E-state index contributed by atoms with van der Waals surface area (Å²) >= 11 is 14.3. The van der Waals surface area contributed by atoms with Crippen molar-refractivity contribution < 1.29 is 0 Å². The van der Waals surface area contributed by atoms with Gasteiger partial charge in [0.2, 0.25) is 0 Å². The number of nitrogens with one attached hydrogen (secondary N) is 1. The lowest BCUT2D eigenvalue weighted by Gasteiger charge is -2.39. The van der Waals surface area contributed by atoms with Crippen LogP contribution < -0.4 is 5.32 Å². The van der Waals surface area contributed by atoms with Crippen LogP contribution in [-0.2, 0) is 0 Å². The Labute approximate surface area is 136 Å². The molecule has 0 bridgehead atoms. The second-order valence-corrected chi connectivity index (χ2v) is 7.94. The molecule has 20 heavy (non-hydrogen) atoms. The van der Waals surface area contributed by atoms with Gasteiger partial charge in [0.1, 0.15) is 0 Å². The molecular weight excluding hydrogens is 309 g/mol. The largest absolute Gasteiger partial charge is 0.313 e. The molecule has 1 nitrogen and oxygen atoms in total. The van der Waals surface area contributed by atoms with Crippen LogP contribution in [0, 0.1) is 11.8 Å². The van der Waals surface area contributed by atoms with Gasteiger partial charge in [-0.1, -0.05) is 44.0 Å². The third kappa shape index (κ3) is 4.07. The summed E-state index contributed by atoms with van der Waals surface area (Å²) in [6, 6.07) is 6.29. The van der Waals surface area contributed by atoms with Crippen LogP contribution in [0.4, 0.5) is 0 Å². The van der Waals surface area contributed by atoms with Crippen LogP contribution in [-0.4, -0.2) is 17.8 Å². The SMILES string of the molecule is CCNC1CC(C)CC(C)C1Sc1cc(Cl)ccc1Cl. The van der Waals surface area contributed by atoms with Gasteiger partial charge < -0.3 is 5.32 Å². The monoisotopic (exact) mass is 331 g/mol. The molecule has 1 N–H and O–H groups in total. The molecule has 1 fully saturated rings. The fourth-order valence-corrected chi connectivity index (χ4v) is 5.08. The van der Waals surface area contributed by atoms with E-state index in [1.807, 2.05) is 30.0 Å². The van der Waals surface area contributed by atoms with Crippen molar-refractivity contribution in [1.82, 2.24) is 5.32 Å². The van der Waals surface area contributed by atoms with E-state index in [1.54, 1.807) is 0 Å². The lowest BCUT2D eigenvalue weighted by Crippen LogP contribution is -2.46. The fourth-order valence-electron chi connectivity index (χ4n) is 3.20. The van der Waals surface area contributed by atoms with Crippen molar-refractivity contribution in [2.75, 3.05) is 6.54 Å². The minimum absolute atomic E-state index is 0.554. The molecule has 4 heteroatoms. The van der Waals surface area contributed by atoms with E-state index in [-0.39, 0.29) is 0 Å². The first kappa shape index (κ1) is 16.5. The van der Waals surface area contributed by atoms with Gasteiger partial charge in [0.05, 0.1) is 5.02 Å². The maximum absolute atomic E-state index is 6.32. The first-order chi connectivity index (χ1) is 9.51. The Morgan fingerprint density at radius 1 is 1.25 bits per heavy atom. The van der Waals surface area contributed by atoms with E-state index in [2.05, 4.69) is 26.1 Å². The minimum Gasteiger partial charge on any atom is -0.313 e. The van der Waals surface area contributed by atoms with Gasteiger partial charge in [-0.2, -0.15) is 0 Å². The predicted molar refractivity (Wildman–Crippen MR) is 91.1 cm³/mol. The molecule has 2 rings (SSSR count). The average Bonchev–Trinajstić information content (AvgIpc) is 2.38. The average molecular weight is 332 g/mol. The summed E-state index contributed by atoms with van der Waals surface area (Å²) in [5, 5.41) is 5.77. The first-order valence-corrected chi connectivity index (χ1v) is 9.00. The van der Waals surface area contributed by atoms with Crippen molar-refractivity contribution in [1.29, 1.82) is 0 Å². The predicted octanol–water partition coefficient (Wildman–Crippen LogP) is 5.50. The number of rotatable bonds is 4. The van der Waals surface area contributed by atoms with E-state index in [0.717, 1.165) is 27.4 Å². The molecule has 1 aromatic rings. The standard InChI is InChI=1S/C16H23Cl2NS/c1-4-19-14-8-10(2)7-11(3)16(14)20-15-9-12(17)5-6-13(15)18/h5-6,9-11,14,16,19H,4,7-8H2,1-3H3. The fraction of sp³-hybridized carbons (Fsp3) is 0.625. The Bertz CT molecular complexity index is 452. The Morgan fingerprint density at radius 3 is 2.70 bits per heavy atom. The van der Waals surface area contributed by atoms with Crippen molar-refractivity contribution in [3.05, 3.63) is 28.2 Å². The van der Waals surface area contributed by atoms with E-state index in [9.17, 15) is 0 Å². The molecule has 0 aliphatic heterocycles. The van der Waals surface area contributed by atoms with Gasteiger partial charge in [-0.15, -0.1) is 11.8 Å². The van der Waals surface area contributed by atoms with Crippen LogP contribution in [0.15, 0.2) is 23.1 Å². The third-order valence-electron chi connectivity index (χ3n) is 4.01. The van der Waals surface area contributed by atoms with Crippen LogP contribution in [0.3, 0.4) is 0 Å². The van der Waals surface area contributed by atoms with E-state index >= 15 is 0 Å². The van der Waals surface area contributed by atoms with E-state index in [1.165, 1.54) is 12.8 Å². The smallest absolute Gasteiger partial charge is 0.0543 e. The molecule has 1 saturated carbocycles. The summed E-state index contributed by atoms with van der Waals surface area (Å²) in [6.07, 6.45) is 2.53. The quantitative estimate of drug-likeness (QED) is 0.781. The van der Waals surface area contributed by atoms with Crippen molar-refractivity contribution >= 4 is 35.0 Å². The second-order valence-electron chi connectivity index (χ2n) is 5.88. The molecule has 1 aliphatic carbocycles. The summed E-state index contributed by atoms with van der Waals surface area (Å²) in [5.74, 6) is 1.48. The molecule has 1 aromatic carbocycles. The topological polar surface area (TPSA) is 12.0 Å². The van der Waals surface area contributed by atoms with Gasteiger partial charge in [-0.05, 0) is 49.4 Å². The Balaban J connectivity index is 2.17. The van der Waals surface area contributed by atoms with E-state index in [4.69, 9.17) is 23.2 Å². The van der Waals surface area contributed by atoms with Gasteiger partial charge in [0.25, 0.3) is 0 Å². The van der Waals surface area contributed by atoms with Crippen molar-refractivity contribution in [3.8, 4) is 0 Å². The van der Waals surface area contributed by atoms with Crippen LogP contribution in [0.2, 0.25) is 10.0 Å². The molecule has 1 aliphatic rings. The summed E-state index contributed by atoms with van der Waals surface area (Å²) in [6.45, 7) is 7.91. The molecule has 4 atom stereocenters. The molecule has 4 unspecified atom stereocenters. The number of hydrogen-bond donors (Lipinski definition) is 1. The van der Waals surface area contributed by atoms with Crippen LogP contribution in [0.25, 0.3) is 0 Å². The number of halogens is 2. The molecule has 0 saturated heterocycles. The zero-order chi connectivity index (χ0) is 14.7. The summed E-state index contributed by atoms with van der Waals surface area (Å²) in [5.41, 5.74) is 0. The molecule has 0 heterocycles. The highest BCUT2D eigenvalue weighted by atomic mass is 35.5. The normalized spacial score (nSPS) is 30.4. The molecule has 0 spiro atoms. The summed E-state index contributed by atoms with van der Waals surface area (Å²) in [4.78, 5) is 1.11. The maximum atomic E-state index is 6.32. The third-order valence-corrected chi connectivity index (χ3v) is 6.34. The molecule has 112 valence electrons. The van der Waals surface area contributed by atoms with Gasteiger partial charge in [-0.25, -0.2) is 0 Å². The van der Waals surface area contributed by atoms with Gasteiger partial charge in [0, 0.05) is 21.2 Å². The van der Waals surface area contributed by atoms with Gasteiger partial charge in [0.15, 0.2) is 0 Å². The van der Waals surface area contributed by atoms with Crippen LogP contribution >= 0.6 is 35.0 Å². The Hall–Kier alpha value is 0.110. The van der Waals surface area contributed by atoms with Crippen LogP contribution in [0.1, 0.15) is 33.6 Å². The lowest BCUT2D eigenvalue weighted by molar-refractivity contribution is 0.251. The molecule has 0 aromatic heterocycles. The Morgan fingerprint density at radius 2 is 2.00 bits per heavy atom. The van der Waals surface area contributed by atoms with Crippen molar-refractivity contribution in [3.63, 3.8) is 0 Å². The highest BCUT2D eigenvalue weighted by molar-refractivity contribution is 8.00. The second kappa shape index (κ2) is 7.40. The van der Waals surface area contributed by atoms with E-state index in [0.29, 0.717) is 17.2 Å². The highest BCUT2D eigenvalue weighted by Crippen LogP contribution is 2.42. The zero-order valence-electron chi connectivity index (χ0n) is 12.3. The Kier molecular flexibility index (Phi) is 6.09. The molecule has 0 radical (unpaired) electrons. The lowest BCUT2D eigenvalue weighted by atomic mass is 9.80. The van der Waals surface area contributed by atoms with Crippen molar-refractivity contribution in [2.45, 2.75) is 49.8 Å². The molecular formula is C16H23Cl2NS. The number of hydrogen-bond acceptors (Lipinski definition) is 2.